The van der Waals surface area contributed by atoms with Crippen molar-refractivity contribution < 1.29 is 23.9 Å². The maximum absolute atomic E-state index is 11.8. The lowest BCUT2D eigenvalue weighted by molar-refractivity contribution is -0.132. The smallest absolute Gasteiger partial charge is 0.308 e. The molecule has 2 aromatic carbocycles. The van der Waals surface area contributed by atoms with Crippen LogP contribution in [0.15, 0.2) is 30.3 Å². The Labute approximate surface area is 135 Å². The first-order chi connectivity index (χ1) is 10.4. The number of hydrogen-bond donors (Lipinski definition) is 0. The molecule has 0 atom stereocenters. The number of benzene rings is 2. The largest absolute Gasteiger partial charge is 0.426 e. The average Bonchev–Trinajstić information content (AvgIpc) is 2.47. The number of ether oxygens (including phenoxy) is 2. The van der Waals surface area contributed by atoms with E-state index in [4.69, 9.17) is 9.47 Å². The number of carbonyl (C=O) groups excluding carboxylic acids is 3. The van der Waals surface area contributed by atoms with Crippen molar-refractivity contribution in [2.45, 2.75) is 13.8 Å². The van der Waals surface area contributed by atoms with Gasteiger partial charge in [-0.3, -0.25) is 14.4 Å². The molecule has 2 aromatic rings. The number of halogens is 1. The number of esters is 2. The van der Waals surface area contributed by atoms with Gasteiger partial charge in [0.05, 0.1) is 5.33 Å². The Morgan fingerprint density at radius 1 is 0.909 bits per heavy atom. The molecule has 0 aliphatic carbocycles. The first-order valence-corrected chi connectivity index (χ1v) is 7.57. The van der Waals surface area contributed by atoms with Crippen LogP contribution in [-0.2, 0) is 9.59 Å². The van der Waals surface area contributed by atoms with Gasteiger partial charge in [0.1, 0.15) is 11.5 Å². The third-order valence-electron chi connectivity index (χ3n) is 2.89. The molecular formula is C16H13BrO5. The predicted molar refractivity (Wildman–Crippen MR) is 84.7 cm³/mol. The second-order valence-electron chi connectivity index (χ2n) is 4.57. The van der Waals surface area contributed by atoms with E-state index in [9.17, 15) is 14.4 Å². The van der Waals surface area contributed by atoms with Gasteiger partial charge < -0.3 is 9.47 Å². The fraction of sp³-hybridized carbons (Fsp3) is 0.188. The van der Waals surface area contributed by atoms with E-state index in [1.165, 1.54) is 19.9 Å². The van der Waals surface area contributed by atoms with Crippen LogP contribution >= 0.6 is 15.9 Å². The van der Waals surface area contributed by atoms with Gasteiger partial charge in [0, 0.05) is 30.2 Å². The van der Waals surface area contributed by atoms with Gasteiger partial charge in [0.2, 0.25) is 0 Å². The molecule has 0 saturated heterocycles. The molecule has 0 aromatic heterocycles. The molecule has 0 saturated carbocycles. The van der Waals surface area contributed by atoms with Crippen LogP contribution in [0.3, 0.4) is 0 Å². The number of carbonyl (C=O) groups is 3. The SMILES string of the molecule is CC(=O)Oc1ccc(OC(C)=O)c2cc(C(=O)CBr)ccc12. The highest BCUT2D eigenvalue weighted by Gasteiger charge is 2.14. The summed E-state index contributed by atoms with van der Waals surface area (Å²) < 4.78 is 10.3. The monoisotopic (exact) mass is 364 g/mol. The molecule has 0 spiro atoms. The fourth-order valence-electron chi connectivity index (χ4n) is 2.03. The Hall–Kier alpha value is -2.21. The number of rotatable bonds is 4. The van der Waals surface area contributed by atoms with Crippen LogP contribution in [0.4, 0.5) is 0 Å². The number of alkyl halides is 1. The van der Waals surface area contributed by atoms with Gasteiger partial charge in [-0.05, 0) is 24.3 Å². The average molecular weight is 365 g/mol. The highest BCUT2D eigenvalue weighted by molar-refractivity contribution is 9.09. The summed E-state index contributed by atoms with van der Waals surface area (Å²) in [5.41, 5.74) is 0.470. The van der Waals surface area contributed by atoms with E-state index in [-0.39, 0.29) is 11.1 Å². The maximum atomic E-state index is 11.8. The Kier molecular flexibility index (Phi) is 4.92. The minimum atomic E-state index is -0.473. The summed E-state index contributed by atoms with van der Waals surface area (Å²) in [5, 5.41) is 1.30. The first kappa shape index (κ1) is 16.2. The quantitative estimate of drug-likeness (QED) is 0.360. The van der Waals surface area contributed by atoms with Crippen LogP contribution in [0.1, 0.15) is 24.2 Å². The van der Waals surface area contributed by atoms with E-state index < -0.39 is 11.9 Å². The third kappa shape index (κ3) is 3.51. The normalized spacial score (nSPS) is 10.3. The van der Waals surface area contributed by atoms with Crippen molar-refractivity contribution >= 4 is 44.4 Å². The maximum Gasteiger partial charge on any atom is 0.308 e. The van der Waals surface area contributed by atoms with Crippen molar-refractivity contribution in [3.05, 3.63) is 35.9 Å². The molecule has 22 heavy (non-hydrogen) atoms. The summed E-state index contributed by atoms with van der Waals surface area (Å²) in [5.74, 6) is -0.381. The molecule has 0 amide bonds. The molecule has 0 aliphatic rings. The summed E-state index contributed by atoms with van der Waals surface area (Å²) in [6.45, 7) is 2.59. The van der Waals surface area contributed by atoms with Gasteiger partial charge in [0.25, 0.3) is 0 Å². The van der Waals surface area contributed by atoms with Crippen molar-refractivity contribution in [3.63, 3.8) is 0 Å². The van der Waals surface area contributed by atoms with Crippen LogP contribution in [0.5, 0.6) is 11.5 Å². The lowest BCUT2D eigenvalue weighted by Gasteiger charge is -2.11. The van der Waals surface area contributed by atoms with Crippen molar-refractivity contribution in [2.75, 3.05) is 5.33 Å². The van der Waals surface area contributed by atoms with Crippen molar-refractivity contribution in [3.8, 4) is 11.5 Å². The zero-order valence-corrected chi connectivity index (χ0v) is 13.6. The molecule has 5 nitrogen and oxygen atoms in total. The summed E-state index contributed by atoms with van der Waals surface area (Å²) >= 11 is 3.12. The Morgan fingerprint density at radius 3 is 1.95 bits per heavy atom. The molecular weight excluding hydrogens is 352 g/mol. The highest BCUT2D eigenvalue weighted by atomic mass is 79.9. The molecule has 0 unspecified atom stereocenters. The van der Waals surface area contributed by atoms with E-state index in [1.807, 2.05) is 0 Å². The third-order valence-corrected chi connectivity index (χ3v) is 3.40. The summed E-state index contributed by atoms with van der Waals surface area (Å²) in [7, 11) is 0. The standard InChI is InChI=1S/C16H13BrO5/c1-9(18)21-15-5-6-16(22-10(2)19)13-7-11(14(20)8-17)3-4-12(13)15/h3-7H,8H2,1-2H3. The molecule has 2 rings (SSSR count). The van der Waals surface area contributed by atoms with Gasteiger partial charge in [0.15, 0.2) is 5.78 Å². The van der Waals surface area contributed by atoms with Crippen molar-refractivity contribution in [1.29, 1.82) is 0 Å². The Morgan fingerprint density at radius 2 is 1.45 bits per heavy atom. The minimum absolute atomic E-state index is 0.103. The lowest BCUT2D eigenvalue weighted by Crippen LogP contribution is -2.05. The second kappa shape index (κ2) is 6.70. The van der Waals surface area contributed by atoms with Gasteiger partial charge in [-0.1, -0.05) is 22.0 Å². The molecule has 114 valence electrons. The topological polar surface area (TPSA) is 69.7 Å². The summed E-state index contributed by atoms with van der Waals surface area (Å²) in [4.78, 5) is 34.2. The molecule has 0 radical (unpaired) electrons. The van der Waals surface area contributed by atoms with Crippen LogP contribution in [0.2, 0.25) is 0 Å². The lowest BCUT2D eigenvalue weighted by atomic mass is 10.0. The number of hydrogen-bond acceptors (Lipinski definition) is 5. The summed E-state index contributed by atoms with van der Waals surface area (Å²) in [6.07, 6.45) is 0. The van der Waals surface area contributed by atoms with Gasteiger partial charge in [-0.2, -0.15) is 0 Å². The number of fused-ring (bicyclic) bond motifs is 1. The Bertz CT molecular complexity index is 766. The Balaban J connectivity index is 2.66. The molecule has 6 heteroatoms. The minimum Gasteiger partial charge on any atom is -0.426 e. The number of ketones is 1. The van der Waals surface area contributed by atoms with E-state index in [0.29, 0.717) is 27.8 Å². The predicted octanol–water partition coefficient (Wildman–Crippen LogP) is 3.27. The van der Waals surface area contributed by atoms with E-state index in [2.05, 4.69) is 15.9 Å². The van der Waals surface area contributed by atoms with E-state index in [1.54, 1.807) is 24.3 Å². The van der Waals surface area contributed by atoms with Crippen LogP contribution in [0.25, 0.3) is 10.8 Å². The highest BCUT2D eigenvalue weighted by Crippen LogP contribution is 2.34. The van der Waals surface area contributed by atoms with E-state index >= 15 is 0 Å². The molecule has 0 bridgehead atoms. The van der Waals surface area contributed by atoms with E-state index in [0.717, 1.165) is 0 Å². The molecule has 0 aliphatic heterocycles. The van der Waals surface area contributed by atoms with Gasteiger partial charge in [-0.25, -0.2) is 0 Å². The molecule has 0 N–H and O–H groups in total. The van der Waals surface area contributed by atoms with Crippen LogP contribution in [-0.4, -0.2) is 23.1 Å². The van der Waals surface area contributed by atoms with Crippen molar-refractivity contribution in [1.82, 2.24) is 0 Å². The molecule has 0 heterocycles. The van der Waals surface area contributed by atoms with Crippen molar-refractivity contribution in [2.24, 2.45) is 0 Å². The fourth-order valence-corrected chi connectivity index (χ4v) is 2.36. The zero-order valence-electron chi connectivity index (χ0n) is 12.0. The van der Waals surface area contributed by atoms with Crippen LogP contribution < -0.4 is 9.47 Å². The zero-order chi connectivity index (χ0) is 16.3. The van der Waals surface area contributed by atoms with Crippen LogP contribution in [0, 0.1) is 0 Å². The molecule has 0 fully saturated rings. The number of Topliss-reactive ketones (excluding diaryl/α,β-unsaturated/α-hetero) is 1. The van der Waals surface area contributed by atoms with Gasteiger partial charge >= 0.3 is 11.9 Å². The summed E-state index contributed by atoms with van der Waals surface area (Å²) in [6, 6.07) is 8.00. The van der Waals surface area contributed by atoms with Gasteiger partial charge in [-0.15, -0.1) is 0 Å². The second-order valence-corrected chi connectivity index (χ2v) is 5.13. The first-order valence-electron chi connectivity index (χ1n) is 6.45.